The summed E-state index contributed by atoms with van der Waals surface area (Å²) in [5.41, 5.74) is 2.25. The van der Waals surface area contributed by atoms with Crippen molar-refractivity contribution >= 4 is 27.5 Å². The lowest BCUT2D eigenvalue weighted by molar-refractivity contribution is -0.141. The molecule has 0 fully saturated rings. The van der Waals surface area contributed by atoms with Crippen LogP contribution in [0.25, 0.3) is 0 Å². The first-order valence-electron chi connectivity index (χ1n) is 13.7. The van der Waals surface area contributed by atoms with Gasteiger partial charge in [-0.05, 0) is 88.1 Å². The van der Waals surface area contributed by atoms with Gasteiger partial charge in [-0.1, -0.05) is 49.4 Å². The van der Waals surface area contributed by atoms with Crippen LogP contribution in [0.5, 0.6) is 5.75 Å². The fourth-order valence-corrected chi connectivity index (χ4v) is 6.01. The standard InChI is InChI=1S/C32H41N3O5S/c1-8-28(31(37)33-32(4,5)6)34(21-25-16-18-26(40-7)19-17-25)30(36)22-35(29-20-23(2)14-15-24(29)3)41(38,39)27-12-10-9-11-13-27/h9-20,28H,8,21-22H2,1-7H3,(H,33,37). The summed E-state index contributed by atoms with van der Waals surface area (Å²) in [6, 6.07) is 20.0. The van der Waals surface area contributed by atoms with Crippen molar-refractivity contribution in [3.63, 3.8) is 0 Å². The van der Waals surface area contributed by atoms with E-state index in [1.807, 2.05) is 65.8 Å². The Bertz CT molecular complexity index is 1450. The highest BCUT2D eigenvalue weighted by Gasteiger charge is 2.35. The van der Waals surface area contributed by atoms with E-state index in [9.17, 15) is 18.0 Å². The van der Waals surface area contributed by atoms with Crippen LogP contribution < -0.4 is 14.4 Å². The van der Waals surface area contributed by atoms with Crippen LogP contribution in [-0.4, -0.2) is 50.4 Å². The predicted octanol–water partition coefficient (Wildman–Crippen LogP) is 5.23. The second kappa shape index (κ2) is 13.2. The Balaban J connectivity index is 2.10. The topological polar surface area (TPSA) is 96.0 Å². The minimum Gasteiger partial charge on any atom is -0.497 e. The van der Waals surface area contributed by atoms with E-state index in [4.69, 9.17) is 4.74 Å². The lowest BCUT2D eigenvalue weighted by atomic mass is 10.1. The average Bonchev–Trinajstić information content (AvgIpc) is 2.92. The van der Waals surface area contributed by atoms with Crippen LogP contribution in [-0.2, 0) is 26.2 Å². The maximum atomic E-state index is 14.2. The van der Waals surface area contributed by atoms with E-state index in [0.29, 0.717) is 23.4 Å². The van der Waals surface area contributed by atoms with Gasteiger partial charge in [0, 0.05) is 12.1 Å². The number of carbonyl (C=O) groups excluding carboxylic acids is 2. The lowest BCUT2D eigenvalue weighted by Crippen LogP contribution is -2.55. The molecule has 1 atom stereocenters. The number of nitrogens with one attached hydrogen (secondary N) is 1. The number of aryl methyl sites for hydroxylation is 2. The molecule has 0 radical (unpaired) electrons. The van der Waals surface area contributed by atoms with Crippen molar-refractivity contribution in [3.8, 4) is 5.75 Å². The Morgan fingerprint density at radius 2 is 1.59 bits per heavy atom. The largest absolute Gasteiger partial charge is 0.497 e. The third kappa shape index (κ3) is 8.10. The lowest BCUT2D eigenvalue weighted by Gasteiger charge is -2.35. The Labute approximate surface area is 244 Å². The number of carbonyl (C=O) groups is 2. The van der Waals surface area contributed by atoms with Crippen molar-refractivity contribution in [1.82, 2.24) is 10.2 Å². The third-order valence-electron chi connectivity index (χ3n) is 6.64. The van der Waals surface area contributed by atoms with Crippen molar-refractivity contribution in [1.29, 1.82) is 0 Å². The van der Waals surface area contributed by atoms with Crippen molar-refractivity contribution in [2.45, 2.75) is 71.0 Å². The summed E-state index contributed by atoms with van der Waals surface area (Å²) in [5, 5.41) is 2.98. The maximum absolute atomic E-state index is 14.2. The molecule has 1 N–H and O–H groups in total. The highest BCUT2D eigenvalue weighted by atomic mass is 32.2. The number of hydrogen-bond donors (Lipinski definition) is 1. The quantitative estimate of drug-likeness (QED) is 0.336. The van der Waals surface area contributed by atoms with E-state index in [-0.39, 0.29) is 17.3 Å². The molecule has 220 valence electrons. The number of hydrogen-bond acceptors (Lipinski definition) is 5. The van der Waals surface area contributed by atoms with E-state index in [2.05, 4.69) is 5.32 Å². The second-order valence-electron chi connectivity index (χ2n) is 11.1. The summed E-state index contributed by atoms with van der Waals surface area (Å²) >= 11 is 0. The van der Waals surface area contributed by atoms with Gasteiger partial charge in [-0.3, -0.25) is 13.9 Å². The van der Waals surface area contributed by atoms with Crippen LogP contribution in [0.2, 0.25) is 0 Å². The Hall–Kier alpha value is -3.85. The van der Waals surface area contributed by atoms with Gasteiger partial charge in [0.1, 0.15) is 18.3 Å². The summed E-state index contributed by atoms with van der Waals surface area (Å²) < 4.78 is 34.4. The number of methoxy groups -OCH3 is 1. The molecule has 3 aromatic rings. The number of nitrogens with zero attached hydrogens (tertiary/aromatic N) is 2. The SMILES string of the molecule is CCC(C(=O)NC(C)(C)C)N(Cc1ccc(OC)cc1)C(=O)CN(c1cc(C)ccc1C)S(=O)(=O)c1ccccc1. The summed E-state index contributed by atoms with van der Waals surface area (Å²) in [4.78, 5) is 29.2. The summed E-state index contributed by atoms with van der Waals surface area (Å²) in [6.07, 6.45) is 0.346. The first kappa shape index (κ1) is 31.7. The monoisotopic (exact) mass is 579 g/mol. The number of sulfonamides is 1. The van der Waals surface area contributed by atoms with Crippen LogP contribution in [0, 0.1) is 13.8 Å². The first-order chi connectivity index (χ1) is 19.3. The van der Waals surface area contributed by atoms with Crippen molar-refractivity contribution < 1.29 is 22.7 Å². The van der Waals surface area contributed by atoms with E-state index in [0.717, 1.165) is 15.4 Å². The molecule has 0 heterocycles. The Morgan fingerprint density at radius 1 is 0.951 bits per heavy atom. The van der Waals surface area contributed by atoms with Crippen molar-refractivity contribution in [2.24, 2.45) is 0 Å². The second-order valence-corrected chi connectivity index (χ2v) is 13.0. The van der Waals surface area contributed by atoms with Gasteiger partial charge in [0.25, 0.3) is 10.0 Å². The fraction of sp³-hybridized carbons (Fsp3) is 0.375. The third-order valence-corrected chi connectivity index (χ3v) is 8.41. The fourth-order valence-electron chi connectivity index (χ4n) is 4.52. The van der Waals surface area contributed by atoms with Gasteiger partial charge >= 0.3 is 0 Å². The zero-order chi connectivity index (χ0) is 30.4. The van der Waals surface area contributed by atoms with Gasteiger partial charge in [0.15, 0.2) is 0 Å². The Kier molecular flexibility index (Phi) is 10.2. The molecule has 0 saturated carbocycles. The molecular formula is C32H41N3O5S. The van der Waals surface area contributed by atoms with Gasteiger partial charge in [0.05, 0.1) is 17.7 Å². The first-order valence-corrected chi connectivity index (χ1v) is 15.1. The van der Waals surface area contributed by atoms with Gasteiger partial charge in [-0.15, -0.1) is 0 Å². The maximum Gasteiger partial charge on any atom is 0.264 e. The van der Waals surface area contributed by atoms with Crippen LogP contribution in [0.3, 0.4) is 0 Å². The molecule has 2 amide bonds. The summed E-state index contributed by atoms with van der Waals surface area (Å²) in [5.74, 6) is -0.123. The average molecular weight is 580 g/mol. The molecule has 9 heteroatoms. The Morgan fingerprint density at radius 3 is 2.15 bits per heavy atom. The number of benzene rings is 3. The van der Waals surface area contributed by atoms with Crippen LogP contribution in [0.4, 0.5) is 5.69 Å². The molecule has 0 aliphatic carbocycles. The van der Waals surface area contributed by atoms with Gasteiger partial charge in [-0.2, -0.15) is 0 Å². The molecule has 0 bridgehead atoms. The normalized spacial score (nSPS) is 12.4. The number of rotatable bonds is 11. The van der Waals surface area contributed by atoms with E-state index >= 15 is 0 Å². The molecule has 1 unspecified atom stereocenters. The predicted molar refractivity (Wildman–Crippen MR) is 162 cm³/mol. The molecule has 0 aromatic heterocycles. The smallest absolute Gasteiger partial charge is 0.264 e. The summed E-state index contributed by atoms with van der Waals surface area (Å²) in [7, 11) is -2.54. The van der Waals surface area contributed by atoms with Crippen molar-refractivity contribution in [2.75, 3.05) is 18.0 Å². The molecule has 0 aliphatic rings. The van der Waals surface area contributed by atoms with Crippen LogP contribution in [0.15, 0.2) is 77.7 Å². The number of ether oxygens (including phenoxy) is 1. The molecule has 0 aliphatic heterocycles. The molecule has 8 nitrogen and oxygen atoms in total. The molecular weight excluding hydrogens is 538 g/mol. The minimum atomic E-state index is -4.12. The molecule has 0 spiro atoms. The van der Waals surface area contributed by atoms with Crippen molar-refractivity contribution in [3.05, 3.63) is 89.5 Å². The molecule has 0 saturated heterocycles. The zero-order valence-electron chi connectivity index (χ0n) is 25.0. The van der Waals surface area contributed by atoms with E-state index in [1.54, 1.807) is 43.5 Å². The van der Waals surface area contributed by atoms with Crippen LogP contribution >= 0.6 is 0 Å². The van der Waals surface area contributed by atoms with E-state index < -0.39 is 34.1 Å². The number of amides is 2. The van der Waals surface area contributed by atoms with E-state index in [1.165, 1.54) is 17.0 Å². The number of anilines is 1. The minimum absolute atomic E-state index is 0.0768. The van der Waals surface area contributed by atoms with Gasteiger partial charge < -0.3 is 15.0 Å². The van der Waals surface area contributed by atoms with Gasteiger partial charge in [0.2, 0.25) is 11.8 Å². The molecule has 3 aromatic carbocycles. The molecule has 41 heavy (non-hydrogen) atoms. The summed E-state index contributed by atoms with van der Waals surface area (Å²) in [6.45, 7) is 10.8. The highest BCUT2D eigenvalue weighted by Crippen LogP contribution is 2.29. The van der Waals surface area contributed by atoms with Gasteiger partial charge in [-0.25, -0.2) is 8.42 Å². The zero-order valence-corrected chi connectivity index (χ0v) is 25.8. The highest BCUT2D eigenvalue weighted by molar-refractivity contribution is 7.92. The molecule has 3 rings (SSSR count). The van der Waals surface area contributed by atoms with Crippen LogP contribution in [0.1, 0.15) is 50.8 Å².